The van der Waals surface area contributed by atoms with Gasteiger partial charge in [-0.05, 0) is 11.4 Å². The monoisotopic (exact) mass is 250 g/mol. The number of hydrogen-bond donors (Lipinski definition) is 0. The van der Waals surface area contributed by atoms with Crippen LogP contribution in [0.2, 0.25) is 0 Å². The molecule has 2 aromatic heterocycles. The van der Waals surface area contributed by atoms with Crippen LogP contribution >= 0.6 is 11.3 Å². The highest BCUT2D eigenvalue weighted by atomic mass is 32.1. The second kappa shape index (κ2) is 4.38. The average molecular weight is 250 g/mol. The summed E-state index contributed by atoms with van der Waals surface area (Å²) in [5.41, 5.74) is 0.911. The zero-order valence-electron chi connectivity index (χ0n) is 8.96. The standard InChI is InChI=1S/C11H10N2O3S/c14-9-1-3-15-5-8(9)11-12-10(13-16-11)7-2-4-17-6-7/h2,4,6,8H,1,3,5H2. The molecule has 0 saturated carbocycles. The van der Waals surface area contributed by atoms with Crippen LogP contribution in [0.3, 0.4) is 0 Å². The Morgan fingerprint density at radius 1 is 1.47 bits per heavy atom. The van der Waals surface area contributed by atoms with Crippen LogP contribution in [0.4, 0.5) is 0 Å². The Morgan fingerprint density at radius 2 is 2.41 bits per heavy atom. The average Bonchev–Trinajstić information content (AvgIpc) is 3.00. The largest absolute Gasteiger partial charge is 0.380 e. The molecule has 0 aliphatic carbocycles. The number of carbonyl (C=O) groups is 1. The van der Waals surface area contributed by atoms with Crippen molar-refractivity contribution in [3.8, 4) is 11.4 Å². The van der Waals surface area contributed by atoms with Gasteiger partial charge in [0, 0.05) is 17.4 Å². The van der Waals surface area contributed by atoms with Crippen LogP contribution in [0.15, 0.2) is 21.3 Å². The summed E-state index contributed by atoms with van der Waals surface area (Å²) < 4.78 is 10.4. The summed E-state index contributed by atoms with van der Waals surface area (Å²) in [5.74, 6) is 0.593. The number of thiophene rings is 1. The van der Waals surface area contributed by atoms with Gasteiger partial charge in [-0.2, -0.15) is 16.3 Å². The van der Waals surface area contributed by atoms with Gasteiger partial charge < -0.3 is 9.26 Å². The lowest BCUT2D eigenvalue weighted by atomic mass is 10.0. The Balaban J connectivity index is 1.87. The van der Waals surface area contributed by atoms with Gasteiger partial charge in [0.25, 0.3) is 0 Å². The van der Waals surface area contributed by atoms with E-state index in [2.05, 4.69) is 10.1 Å². The van der Waals surface area contributed by atoms with Crippen molar-refractivity contribution >= 4 is 17.1 Å². The highest BCUT2D eigenvalue weighted by Crippen LogP contribution is 2.24. The maximum Gasteiger partial charge on any atom is 0.239 e. The molecular formula is C11H10N2O3S. The molecule has 88 valence electrons. The summed E-state index contributed by atoms with van der Waals surface area (Å²) in [6.07, 6.45) is 0.417. The van der Waals surface area contributed by atoms with Gasteiger partial charge in [0.1, 0.15) is 11.7 Å². The predicted octanol–water partition coefficient (Wildman–Crippen LogP) is 1.87. The van der Waals surface area contributed by atoms with Crippen LogP contribution in [0, 0.1) is 0 Å². The molecular weight excluding hydrogens is 240 g/mol. The van der Waals surface area contributed by atoms with Gasteiger partial charge in [-0.3, -0.25) is 4.79 Å². The highest BCUT2D eigenvalue weighted by Gasteiger charge is 2.29. The fraction of sp³-hybridized carbons (Fsp3) is 0.364. The second-order valence-corrected chi connectivity index (χ2v) is 4.59. The van der Waals surface area contributed by atoms with Crippen molar-refractivity contribution in [3.63, 3.8) is 0 Å². The molecule has 1 fully saturated rings. The van der Waals surface area contributed by atoms with Crippen LogP contribution in [0.1, 0.15) is 18.2 Å². The van der Waals surface area contributed by atoms with E-state index in [1.165, 1.54) is 0 Å². The zero-order chi connectivity index (χ0) is 11.7. The molecule has 0 aromatic carbocycles. The predicted molar refractivity (Wildman–Crippen MR) is 60.8 cm³/mol. The minimum atomic E-state index is -0.399. The summed E-state index contributed by atoms with van der Waals surface area (Å²) >= 11 is 1.57. The van der Waals surface area contributed by atoms with Crippen molar-refractivity contribution in [2.24, 2.45) is 0 Å². The van der Waals surface area contributed by atoms with Gasteiger partial charge in [0.15, 0.2) is 0 Å². The molecule has 3 heterocycles. The quantitative estimate of drug-likeness (QED) is 0.814. The van der Waals surface area contributed by atoms with E-state index in [9.17, 15) is 4.79 Å². The molecule has 3 rings (SSSR count). The van der Waals surface area contributed by atoms with Crippen molar-refractivity contribution in [2.45, 2.75) is 12.3 Å². The number of Topliss-reactive ketones (excluding diaryl/α,β-unsaturated/α-hetero) is 1. The molecule has 1 saturated heterocycles. The third kappa shape index (κ3) is 2.01. The van der Waals surface area contributed by atoms with Crippen molar-refractivity contribution in [3.05, 3.63) is 22.7 Å². The molecule has 0 bridgehead atoms. The van der Waals surface area contributed by atoms with Gasteiger partial charge in [-0.15, -0.1) is 0 Å². The van der Waals surface area contributed by atoms with Gasteiger partial charge >= 0.3 is 0 Å². The molecule has 0 spiro atoms. The Kier molecular flexibility index (Phi) is 2.74. The van der Waals surface area contributed by atoms with Crippen LogP contribution in [0.25, 0.3) is 11.4 Å². The van der Waals surface area contributed by atoms with Gasteiger partial charge in [-0.25, -0.2) is 0 Å². The van der Waals surface area contributed by atoms with Crippen molar-refractivity contribution in [1.82, 2.24) is 10.1 Å². The van der Waals surface area contributed by atoms with Gasteiger partial charge in [0.05, 0.1) is 13.2 Å². The van der Waals surface area contributed by atoms with E-state index < -0.39 is 5.92 Å². The van der Waals surface area contributed by atoms with E-state index in [1.54, 1.807) is 11.3 Å². The SMILES string of the molecule is O=C1CCOCC1c1nc(-c2ccsc2)no1. The molecule has 17 heavy (non-hydrogen) atoms. The third-order valence-corrected chi connectivity index (χ3v) is 3.37. The number of ketones is 1. The van der Waals surface area contributed by atoms with Crippen LogP contribution < -0.4 is 0 Å². The minimum Gasteiger partial charge on any atom is -0.380 e. The molecule has 0 amide bonds. The number of ether oxygens (including phenoxy) is 1. The number of rotatable bonds is 2. The third-order valence-electron chi connectivity index (χ3n) is 2.69. The summed E-state index contributed by atoms with van der Waals surface area (Å²) in [5, 5.41) is 7.76. The Morgan fingerprint density at radius 3 is 3.18 bits per heavy atom. The first-order valence-corrected chi connectivity index (χ1v) is 6.25. The number of nitrogens with zero attached hydrogens (tertiary/aromatic N) is 2. The van der Waals surface area contributed by atoms with Crippen LogP contribution in [0.5, 0.6) is 0 Å². The van der Waals surface area contributed by atoms with Crippen LogP contribution in [-0.4, -0.2) is 29.1 Å². The normalized spacial score (nSPS) is 20.7. The topological polar surface area (TPSA) is 65.2 Å². The highest BCUT2D eigenvalue weighted by molar-refractivity contribution is 7.08. The maximum atomic E-state index is 11.7. The summed E-state index contributed by atoms with van der Waals surface area (Å²) in [4.78, 5) is 15.9. The first-order chi connectivity index (χ1) is 8.34. The van der Waals surface area contributed by atoms with Gasteiger partial charge in [0.2, 0.25) is 11.7 Å². The molecule has 1 atom stereocenters. The van der Waals surface area contributed by atoms with E-state index in [0.717, 1.165) is 5.56 Å². The molecule has 1 unspecified atom stereocenters. The Hall–Kier alpha value is -1.53. The van der Waals surface area contributed by atoms with E-state index in [4.69, 9.17) is 9.26 Å². The molecule has 0 radical (unpaired) electrons. The molecule has 2 aromatic rings. The van der Waals surface area contributed by atoms with Gasteiger partial charge in [-0.1, -0.05) is 5.16 Å². The zero-order valence-corrected chi connectivity index (χ0v) is 9.77. The summed E-state index contributed by atoms with van der Waals surface area (Å²) in [7, 11) is 0. The van der Waals surface area contributed by atoms with E-state index in [1.807, 2.05) is 16.8 Å². The number of carbonyl (C=O) groups excluding carboxylic acids is 1. The first-order valence-electron chi connectivity index (χ1n) is 5.31. The molecule has 1 aliphatic heterocycles. The first kappa shape index (κ1) is 10.6. The van der Waals surface area contributed by atoms with E-state index >= 15 is 0 Å². The Labute approximate surface area is 101 Å². The smallest absolute Gasteiger partial charge is 0.239 e. The second-order valence-electron chi connectivity index (χ2n) is 3.81. The molecule has 6 heteroatoms. The molecule has 0 N–H and O–H groups in total. The van der Waals surface area contributed by atoms with Crippen molar-refractivity contribution in [1.29, 1.82) is 0 Å². The lowest BCUT2D eigenvalue weighted by molar-refractivity contribution is -0.127. The fourth-order valence-corrected chi connectivity index (χ4v) is 2.37. The Bertz CT molecular complexity index is 521. The maximum absolute atomic E-state index is 11.7. The lowest BCUT2D eigenvalue weighted by Gasteiger charge is -2.16. The molecule has 5 nitrogen and oxygen atoms in total. The van der Waals surface area contributed by atoms with E-state index in [0.29, 0.717) is 31.3 Å². The summed E-state index contributed by atoms with van der Waals surface area (Å²) in [6.45, 7) is 0.824. The lowest BCUT2D eigenvalue weighted by Crippen LogP contribution is -2.25. The van der Waals surface area contributed by atoms with E-state index in [-0.39, 0.29) is 5.78 Å². The van der Waals surface area contributed by atoms with Crippen molar-refractivity contribution < 1.29 is 14.1 Å². The number of hydrogen-bond acceptors (Lipinski definition) is 6. The van der Waals surface area contributed by atoms with Crippen LogP contribution in [-0.2, 0) is 9.53 Å². The summed E-state index contributed by atoms with van der Waals surface area (Å²) in [6, 6.07) is 1.92. The number of aromatic nitrogens is 2. The minimum absolute atomic E-state index is 0.108. The fourth-order valence-electron chi connectivity index (χ4n) is 1.74. The molecule has 1 aliphatic rings. The van der Waals surface area contributed by atoms with Crippen molar-refractivity contribution in [2.75, 3.05) is 13.2 Å².